The Morgan fingerprint density at radius 3 is 2.35 bits per heavy atom. The number of carbonyl (C=O) groups excluding carboxylic acids is 2. The zero-order valence-corrected chi connectivity index (χ0v) is 12.3. The maximum Gasteiger partial charge on any atom is 0.210 e. The van der Waals surface area contributed by atoms with Gasteiger partial charge in [0, 0.05) is 11.3 Å². The first kappa shape index (κ1) is 14.5. The fourth-order valence-electron chi connectivity index (χ4n) is 1.80. The minimum absolute atomic E-state index is 0.0177. The average Bonchev–Trinajstić information content (AvgIpc) is 2.84. The smallest absolute Gasteiger partial charge is 0.210 e. The Morgan fingerprint density at radius 1 is 1.10 bits per heavy atom. The molecule has 0 aliphatic heterocycles. The Balaban J connectivity index is 1.90. The molecule has 0 aliphatic carbocycles. The number of Topliss-reactive ketones (excluding diaryl/α,β-unsaturated/α-hetero) is 2. The number of carbonyl (C=O) groups is 2. The summed E-state index contributed by atoms with van der Waals surface area (Å²) < 4.78 is 5.46. The molecule has 3 nitrogen and oxygen atoms in total. The molecule has 20 heavy (non-hydrogen) atoms. The van der Waals surface area contributed by atoms with Crippen LogP contribution in [-0.4, -0.2) is 18.2 Å². The Kier molecular flexibility index (Phi) is 4.69. The molecule has 1 aromatic carbocycles. The maximum atomic E-state index is 11.9. The van der Waals surface area contributed by atoms with E-state index in [1.165, 1.54) is 11.3 Å². The summed E-state index contributed by atoms with van der Waals surface area (Å²) >= 11 is 1.47. The van der Waals surface area contributed by atoms with Crippen molar-refractivity contribution in [3.63, 3.8) is 0 Å². The molecular weight excluding hydrogens is 272 g/mol. The first-order chi connectivity index (χ1) is 9.54. The van der Waals surface area contributed by atoms with E-state index in [2.05, 4.69) is 0 Å². The fourth-order valence-corrected chi connectivity index (χ4v) is 2.59. The van der Waals surface area contributed by atoms with Crippen molar-refractivity contribution >= 4 is 22.9 Å². The van der Waals surface area contributed by atoms with Crippen LogP contribution in [0.5, 0.6) is 5.75 Å². The van der Waals surface area contributed by atoms with Crippen molar-refractivity contribution in [2.24, 2.45) is 0 Å². The monoisotopic (exact) mass is 288 g/mol. The van der Waals surface area contributed by atoms with Gasteiger partial charge in [-0.15, -0.1) is 11.3 Å². The van der Waals surface area contributed by atoms with E-state index < -0.39 is 0 Å². The Morgan fingerprint density at radius 2 is 1.80 bits per heavy atom. The van der Waals surface area contributed by atoms with E-state index in [1.54, 1.807) is 19.1 Å². The summed E-state index contributed by atoms with van der Waals surface area (Å²) in [6.07, 6.45) is 0.424. The van der Waals surface area contributed by atoms with Gasteiger partial charge in [-0.25, -0.2) is 0 Å². The van der Waals surface area contributed by atoms with Crippen molar-refractivity contribution in [3.8, 4) is 5.75 Å². The summed E-state index contributed by atoms with van der Waals surface area (Å²) in [5, 5.41) is 0. The van der Waals surface area contributed by atoms with Crippen LogP contribution in [0.25, 0.3) is 0 Å². The van der Waals surface area contributed by atoms with E-state index in [1.807, 2.05) is 31.2 Å². The van der Waals surface area contributed by atoms with E-state index >= 15 is 0 Å². The largest absolute Gasteiger partial charge is 0.485 e. The Labute approximate surface area is 122 Å². The summed E-state index contributed by atoms with van der Waals surface area (Å²) in [4.78, 5) is 24.7. The molecule has 2 aromatic rings. The van der Waals surface area contributed by atoms with E-state index in [0.717, 1.165) is 15.3 Å². The number of hydrogen-bond donors (Lipinski definition) is 0. The molecule has 4 heteroatoms. The molecule has 1 aromatic heterocycles. The molecule has 0 radical (unpaired) electrons. The second kappa shape index (κ2) is 6.48. The quantitative estimate of drug-likeness (QED) is 0.765. The zero-order valence-electron chi connectivity index (χ0n) is 11.5. The van der Waals surface area contributed by atoms with Gasteiger partial charge in [0.2, 0.25) is 5.78 Å². The summed E-state index contributed by atoms with van der Waals surface area (Å²) in [6.45, 7) is 3.56. The lowest BCUT2D eigenvalue weighted by Gasteiger charge is -2.05. The second-order valence-corrected chi connectivity index (χ2v) is 5.93. The minimum Gasteiger partial charge on any atom is -0.485 e. The number of hydrogen-bond acceptors (Lipinski definition) is 4. The molecule has 0 aliphatic rings. The molecule has 0 amide bonds. The number of thiophene rings is 1. The highest BCUT2D eigenvalue weighted by Crippen LogP contribution is 2.17. The molecule has 0 spiro atoms. The van der Waals surface area contributed by atoms with Crippen LogP contribution in [0.2, 0.25) is 0 Å². The van der Waals surface area contributed by atoms with Crippen LogP contribution in [-0.2, 0) is 11.2 Å². The maximum absolute atomic E-state index is 11.9. The van der Waals surface area contributed by atoms with Gasteiger partial charge in [0.1, 0.15) is 11.5 Å². The summed E-state index contributed by atoms with van der Waals surface area (Å²) in [5.74, 6) is 0.747. The molecule has 0 unspecified atom stereocenters. The summed E-state index contributed by atoms with van der Waals surface area (Å²) in [5.41, 5.74) is 0.949. The summed E-state index contributed by atoms with van der Waals surface area (Å²) in [6, 6.07) is 11.0. The molecule has 2 rings (SSSR count). The molecular formula is C16H16O3S. The van der Waals surface area contributed by atoms with Crippen LogP contribution in [0, 0.1) is 6.92 Å². The molecule has 0 atom stereocenters. The van der Waals surface area contributed by atoms with Gasteiger partial charge in [0.15, 0.2) is 6.61 Å². The average molecular weight is 288 g/mol. The van der Waals surface area contributed by atoms with Crippen molar-refractivity contribution in [3.05, 3.63) is 51.7 Å². The lowest BCUT2D eigenvalue weighted by molar-refractivity contribution is -0.116. The van der Waals surface area contributed by atoms with Crippen LogP contribution in [0.4, 0.5) is 0 Å². The number of benzene rings is 1. The van der Waals surface area contributed by atoms with E-state index in [4.69, 9.17) is 4.74 Å². The molecule has 0 bridgehead atoms. The predicted molar refractivity (Wildman–Crippen MR) is 79.7 cm³/mol. The van der Waals surface area contributed by atoms with Crippen molar-refractivity contribution in [1.82, 2.24) is 0 Å². The minimum atomic E-state index is -0.0177. The van der Waals surface area contributed by atoms with E-state index in [0.29, 0.717) is 12.2 Å². The highest BCUT2D eigenvalue weighted by atomic mass is 32.1. The first-order valence-corrected chi connectivity index (χ1v) is 7.17. The van der Waals surface area contributed by atoms with Crippen molar-refractivity contribution < 1.29 is 14.3 Å². The number of ketones is 2. The lowest BCUT2D eigenvalue weighted by Crippen LogP contribution is -2.10. The highest BCUT2D eigenvalue weighted by Gasteiger charge is 2.09. The fraction of sp³-hybridized carbons (Fsp3) is 0.250. The third kappa shape index (κ3) is 4.03. The van der Waals surface area contributed by atoms with Gasteiger partial charge in [-0.3, -0.25) is 9.59 Å². The predicted octanol–water partition coefficient (Wildman–Crippen LogP) is 3.45. The van der Waals surface area contributed by atoms with Gasteiger partial charge < -0.3 is 4.74 Å². The molecule has 104 valence electrons. The van der Waals surface area contributed by atoms with Crippen LogP contribution in [0.15, 0.2) is 36.4 Å². The molecule has 1 heterocycles. The summed E-state index contributed by atoms with van der Waals surface area (Å²) in [7, 11) is 0. The van der Waals surface area contributed by atoms with Gasteiger partial charge in [0.05, 0.1) is 4.88 Å². The number of ether oxygens (including phenoxy) is 1. The van der Waals surface area contributed by atoms with Gasteiger partial charge in [-0.2, -0.15) is 0 Å². The zero-order chi connectivity index (χ0) is 14.5. The second-order valence-electron chi connectivity index (χ2n) is 4.64. The highest BCUT2D eigenvalue weighted by molar-refractivity contribution is 7.14. The Bertz CT molecular complexity index is 611. The van der Waals surface area contributed by atoms with Crippen molar-refractivity contribution in [2.75, 3.05) is 6.61 Å². The van der Waals surface area contributed by atoms with Crippen LogP contribution < -0.4 is 4.74 Å². The number of aryl methyl sites for hydroxylation is 1. The molecule has 0 fully saturated rings. The third-order valence-corrected chi connectivity index (χ3v) is 3.80. The molecule has 0 saturated heterocycles. The van der Waals surface area contributed by atoms with Crippen molar-refractivity contribution in [1.29, 1.82) is 0 Å². The van der Waals surface area contributed by atoms with Crippen LogP contribution >= 0.6 is 11.3 Å². The standard InChI is InChI=1S/C16H16O3S/c1-11(17)9-13-4-6-14(7-5-13)19-10-15(18)16-8-3-12(2)20-16/h3-8H,9-10H2,1-2H3. The van der Waals surface area contributed by atoms with Crippen molar-refractivity contribution in [2.45, 2.75) is 20.3 Å². The normalized spacial score (nSPS) is 10.3. The van der Waals surface area contributed by atoms with Crippen LogP contribution in [0.3, 0.4) is 0 Å². The topological polar surface area (TPSA) is 43.4 Å². The lowest BCUT2D eigenvalue weighted by atomic mass is 10.1. The molecule has 0 saturated carbocycles. The van der Waals surface area contributed by atoms with E-state index in [-0.39, 0.29) is 18.2 Å². The first-order valence-electron chi connectivity index (χ1n) is 6.35. The van der Waals surface area contributed by atoms with Gasteiger partial charge in [-0.1, -0.05) is 12.1 Å². The third-order valence-electron chi connectivity index (χ3n) is 2.76. The van der Waals surface area contributed by atoms with Gasteiger partial charge in [-0.05, 0) is 43.7 Å². The Hall–Kier alpha value is -1.94. The van der Waals surface area contributed by atoms with E-state index in [9.17, 15) is 9.59 Å². The SMILES string of the molecule is CC(=O)Cc1ccc(OCC(=O)c2ccc(C)s2)cc1. The van der Waals surface area contributed by atoms with Gasteiger partial charge >= 0.3 is 0 Å². The molecule has 0 N–H and O–H groups in total. The number of rotatable bonds is 6. The van der Waals surface area contributed by atoms with Gasteiger partial charge in [0.25, 0.3) is 0 Å². The van der Waals surface area contributed by atoms with Crippen LogP contribution in [0.1, 0.15) is 27.0 Å².